The van der Waals surface area contributed by atoms with Crippen LogP contribution >= 0.6 is 0 Å². The van der Waals surface area contributed by atoms with Crippen molar-refractivity contribution in [2.75, 3.05) is 0 Å². The van der Waals surface area contributed by atoms with Crippen LogP contribution in [-0.4, -0.2) is 0 Å². The Kier molecular flexibility index (Phi) is 29.0. The predicted octanol–water partition coefficient (Wildman–Crippen LogP) is 22.8. The number of benzene rings is 4. The monoisotopic (exact) mass is 1380 g/mol. The van der Waals surface area contributed by atoms with Crippen molar-refractivity contribution in [3.8, 4) is 0 Å². The molecule has 0 bridgehead atoms. The molecule has 8 fully saturated rings. The molecule has 0 nitrogen and oxygen atoms in total. The molecule has 0 spiro atoms. The third-order valence-corrected chi connectivity index (χ3v) is 22.9. The maximum absolute atomic E-state index is 4.38. The van der Waals surface area contributed by atoms with E-state index >= 15 is 0 Å². The van der Waals surface area contributed by atoms with E-state index in [0.717, 1.165) is 12.8 Å². The van der Waals surface area contributed by atoms with E-state index in [1.165, 1.54) is 270 Å². The molecule has 0 unspecified atom stereocenters. The Morgan fingerprint density at radius 3 is 0.568 bits per heavy atom. The Bertz CT molecular complexity index is 2160. The maximum atomic E-state index is 4.38. The SMILES string of the molecule is [Y].[Y].[Y].[Y].[c-]1c(C2CCCCC2)cc(CCC(CCc2cc(C3CCCCC3)[c-]c(C3CCCCC3)c2)(c2cc(C3CCCCC3)[c-]c(C3CCCCC3)c2)c2cc(C3CCCCC3)[c-]c(C3CCCCC3)c2)cc1C1CCCCC1. The molecule has 8 aliphatic rings. The molecule has 4 aromatic rings. The standard InChI is InChI=1S/C77H104.4Y/c1-9-25-59(26-10-1)67-45-57(46-68(49-67)60-27-11-2-12-28-60)41-43-77(75-53-71(63-33-17-5-18-34-63)51-72(54-75)64-35-19-6-20-36-64,76-55-73(65-37-21-7-22-38-65)52-74(56-76)66-39-23-8-24-40-66)44-42-58-47-69(61-29-13-3-14-30-61)50-70(48-58)62-31-15-4-16-32-62;;;;/h45-48,53-56,59-66H,1-44H2;;;;/q-4;;;;. The Hall–Kier alpha value is 1.30. The van der Waals surface area contributed by atoms with E-state index in [1.54, 1.807) is 66.8 Å². The normalized spacial score (nSPS) is 22.2. The van der Waals surface area contributed by atoms with Gasteiger partial charge in [0.25, 0.3) is 0 Å². The van der Waals surface area contributed by atoms with E-state index in [2.05, 4.69) is 72.8 Å². The summed E-state index contributed by atoms with van der Waals surface area (Å²) in [6.07, 6.45) is 59.7. The van der Waals surface area contributed by atoms with Crippen molar-refractivity contribution in [3.05, 3.63) is 140 Å². The van der Waals surface area contributed by atoms with Gasteiger partial charge in [-0.05, 0) is 181 Å². The van der Waals surface area contributed by atoms with E-state index in [4.69, 9.17) is 0 Å². The van der Waals surface area contributed by atoms with Gasteiger partial charge in [0.2, 0.25) is 0 Å². The van der Waals surface area contributed by atoms with Gasteiger partial charge in [0.15, 0.2) is 0 Å². The van der Waals surface area contributed by atoms with Crippen LogP contribution < -0.4 is 0 Å². The van der Waals surface area contributed by atoms with Gasteiger partial charge in [0, 0.05) is 131 Å². The zero-order chi connectivity index (χ0) is 51.6. The number of rotatable bonds is 16. The topological polar surface area (TPSA) is 0 Å². The van der Waals surface area contributed by atoms with Crippen molar-refractivity contribution >= 4 is 0 Å². The first kappa shape index (κ1) is 68.2. The molecule has 0 atom stereocenters. The second-order valence-corrected chi connectivity index (χ2v) is 28.1. The van der Waals surface area contributed by atoms with Crippen LogP contribution in [0.4, 0.5) is 0 Å². The Balaban J connectivity index is 0.00000215. The van der Waals surface area contributed by atoms with Crippen molar-refractivity contribution in [1.29, 1.82) is 0 Å². The molecular formula is C77H104Y4-4. The number of hydrogen-bond acceptors (Lipinski definition) is 0. The number of hydrogen-bond donors (Lipinski definition) is 0. The summed E-state index contributed by atoms with van der Waals surface area (Å²) in [5, 5.41) is 0. The molecule has 0 saturated heterocycles. The molecule has 0 aromatic heterocycles. The summed E-state index contributed by atoms with van der Waals surface area (Å²) in [6.45, 7) is 0. The van der Waals surface area contributed by atoms with Crippen LogP contribution in [-0.2, 0) is 149 Å². The Morgan fingerprint density at radius 1 is 0.235 bits per heavy atom. The molecule has 0 N–H and O–H groups in total. The number of aryl methyl sites for hydroxylation is 2. The van der Waals surface area contributed by atoms with Crippen molar-refractivity contribution < 1.29 is 131 Å². The van der Waals surface area contributed by atoms with Gasteiger partial charge >= 0.3 is 0 Å². The second kappa shape index (κ2) is 34.5. The first-order valence-corrected chi connectivity index (χ1v) is 34.4. The van der Waals surface area contributed by atoms with Gasteiger partial charge in [0.05, 0.1) is 0 Å². The summed E-state index contributed by atoms with van der Waals surface area (Å²) in [7, 11) is 0. The molecule has 0 aliphatic heterocycles. The fraction of sp³-hybridized carbons (Fsp3) is 0.688. The largest absolute Gasteiger partial charge is 0.176 e. The summed E-state index contributed by atoms with van der Waals surface area (Å²) < 4.78 is 0. The van der Waals surface area contributed by atoms with E-state index in [0.29, 0.717) is 47.3 Å². The van der Waals surface area contributed by atoms with Crippen LogP contribution in [0.1, 0.15) is 384 Å². The van der Waals surface area contributed by atoms with Gasteiger partial charge in [-0.3, -0.25) is 0 Å². The van der Waals surface area contributed by atoms with Crippen molar-refractivity contribution in [3.63, 3.8) is 0 Å². The van der Waals surface area contributed by atoms with Gasteiger partial charge < -0.3 is 0 Å². The van der Waals surface area contributed by atoms with E-state index in [9.17, 15) is 0 Å². The van der Waals surface area contributed by atoms with Crippen LogP contribution in [0.15, 0.2) is 48.5 Å². The van der Waals surface area contributed by atoms with Crippen LogP contribution in [0.25, 0.3) is 0 Å². The molecule has 12 rings (SSSR count). The zero-order valence-electron chi connectivity index (χ0n) is 51.2. The molecule has 0 amide bonds. The smallest absolute Gasteiger partial charge is 0 e. The van der Waals surface area contributed by atoms with Gasteiger partial charge in [-0.15, -0.1) is 11.1 Å². The summed E-state index contributed by atoms with van der Waals surface area (Å²) in [4.78, 5) is 0. The average molecular weight is 1390 g/mol. The van der Waals surface area contributed by atoms with Crippen LogP contribution in [0, 0.1) is 24.3 Å². The molecule has 8 saturated carbocycles. The summed E-state index contributed by atoms with van der Waals surface area (Å²) in [6, 6.07) is 39.7. The second-order valence-electron chi connectivity index (χ2n) is 28.1. The molecular weight excluding hydrogens is 1280 g/mol. The molecule has 428 valence electrons. The summed E-state index contributed by atoms with van der Waals surface area (Å²) in [5.74, 6) is 5.31. The van der Waals surface area contributed by atoms with Crippen LogP contribution in [0.2, 0.25) is 0 Å². The molecule has 4 radical (unpaired) electrons. The van der Waals surface area contributed by atoms with Gasteiger partial charge in [-0.1, -0.05) is 154 Å². The predicted molar refractivity (Wildman–Crippen MR) is 325 cm³/mol. The fourth-order valence-electron chi connectivity index (χ4n) is 18.1. The van der Waals surface area contributed by atoms with Gasteiger partial charge in [-0.2, -0.15) is 128 Å². The molecule has 81 heavy (non-hydrogen) atoms. The summed E-state index contributed by atoms with van der Waals surface area (Å²) >= 11 is 0. The van der Waals surface area contributed by atoms with Gasteiger partial charge in [0.1, 0.15) is 0 Å². The van der Waals surface area contributed by atoms with Gasteiger partial charge in [-0.25, -0.2) is 0 Å². The van der Waals surface area contributed by atoms with E-state index in [1.807, 2.05) is 0 Å². The Morgan fingerprint density at radius 2 is 0.395 bits per heavy atom. The minimum atomic E-state index is -0.144. The van der Waals surface area contributed by atoms with Crippen LogP contribution in [0.3, 0.4) is 0 Å². The van der Waals surface area contributed by atoms with E-state index < -0.39 is 0 Å². The molecule has 8 aliphatic carbocycles. The average Bonchev–Trinajstić information content (AvgIpc) is 3.68. The minimum absolute atomic E-state index is 0. The third-order valence-electron chi connectivity index (χ3n) is 22.9. The Labute approximate surface area is 597 Å². The maximum Gasteiger partial charge on any atom is 0 e. The molecule has 4 aromatic carbocycles. The first-order chi connectivity index (χ1) is 38.1. The fourth-order valence-corrected chi connectivity index (χ4v) is 18.1. The zero-order valence-corrected chi connectivity index (χ0v) is 62.5. The van der Waals surface area contributed by atoms with Crippen molar-refractivity contribution in [1.82, 2.24) is 0 Å². The summed E-state index contributed by atoms with van der Waals surface area (Å²) in [5.41, 5.74) is 19.2. The third kappa shape index (κ3) is 17.8. The van der Waals surface area contributed by atoms with Crippen molar-refractivity contribution in [2.24, 2.45) is 0 Å². The molecule has 0 heterocycles. The van der Waals surface area contributed by atoms with Crippen molar-refractivity contribution in [2.45, 2.75) is 335 Å². The first-order valence-electron chi connectivity index (χ1n) is 34.4. The van der Waals surface area contributed by atoms with Crippen LogP contribution in [0.5, 0.6) is 0 Å². The minimum Gasteiger partial charge on any atom is -0.176 e. The van der Waals surface area contributed by atoms with E-state index in [-0.39, 0.29) is 136 Å². The quantitative estimate of drug-likeness (QED) is 0.0981. The molecule has 4 heteroatoms.